The average molecular weight is 378 g/mol. The summed E-state index contributed by atoms with van der Waals surface area (Å²) in [5.74, 6) is 0.356. The molecule has 0 bridgehead atoms. The minimum atomic E-state index is -0.276. The lowest BCUT2D eigenvalue weighted by molar-refractivity contribution is -0.114. The first kappa shape index (κ1) is 17.0. The quantitative estimate of drug-likeness (QED) is 0.807. The smallest absolute Gasteiger partial charge is 0.221 e. The SMILES string of the molecule is COc1cc(NC(C)=O)c(C(=O)c2ccc(Br)cc2)cc1OC. The molecule has 0 atom stereocenters. The predicted molar refractivity (Wildman–Crippen MR) is 91.4 cm³/mol. The van der Waals surface area contributed by atoms with Crippen molar-refractivity contribution in [2.45, 2.75) is 6.92 Å². The van der Waals surface area contributed by atoms with Crippen LogP contribution in [0.4, 0.5) is 5.69 Å². The standard InChI is InChI=1S/C17H16BrNO4/c1-10(20)19-14-9-16(23-3)15(22-2)8-13(14)17(21)11-4-6-12(18)7-5-11/h4-9H,1-3H3,(H,19,20). The maximum Gasteiger partial charge on any atom is 0.221 e. The van der Waals surface area contributed by atoms with Gasteiger partial charge in [0.25, 0.3) is 0 Å². The van der Waals surface area contributed by atoms with Crippen molar-refractivity contribution in [3.63, 3.8) is 0 Å². The topological polar surface area (TPSA) is 64.6 Å². The van der Waals surface area contributed by atoms with Gasteiger partial charge in [-0.2, -0.15) is 0 Å². The van der Waals surface area contributed by atoms with Crippen LogP contribution in [0.25, 0.3) is 0 Å². The Morgan fingerprint density at radius 2 is 1.57 bits per heavy atom. The van der Waals surface area contributed by atoms with E-state index in [4.69, 9.17) is 9.47 Å². The number of ether oxygens (including phenoxy) is 2. The molecule has 0 radical (unpaired) electrons. The summed E-state index contributed by atoms with van der Waals surface area (Å²) in [6, 6.07) is 10.1. The molecule has 6 heteroatoms. The first-order valence-electron chi connectivity index (χ1n) is 6.80. The normalized spacial score (nSPS) is 10.1. The van der Waals surface area contributed by atoms with Gasteiger partial charge < -0.3 is 14.8 Å². The van der Waals surface area contributed by atoms with E-state index in [1.165, 1.54) is 21.1 Å². The molecule has 0 aliphatic carbocycles. The molecule has 5 nitrogen and oxygen atoms in total. The summed E-state index contributed by atoms with van der Waals surface area (Å²) >= 11 is 3.33. The molecule has 0 fully saturated rings. The van der Waals surface area contributed by atoms with Gasteiger partial charge in [-0.05, 0) is 30.3 Å². The fourth-order valence-corrected chi connectivity index (χ4v) is 2.38. The first-order valence-corrected chi connectivity index (χ1v) is 7.59. The number of carbonyl (C=O) groups is 2. The van der Waals surface area contributed by atoms with E-state index in [1.807, 2.05) is 0 Å². The Morgan fingerprint density at radius 3 is 2.09 bits per heavy atom. The number of nitrogens with one attached hydrogen (secondary N) is 1. The van der Waals surface area contributed by atoms with Gasteiger partial charge in [0, 0.05) is 23.0 Å². The molecule has 1 amide bonds. The second kappa shape index (κ2) is 7.28. The lowest BCUT2D eigenvalue weighted by atomic mass is 10.0. The fourth-order valence-electron chi connectivity index (χ4n) is 2.12. The van der Waals surface area contributed by atoms with Crippen LogP contribution in [-0.4, -0.2) is 25.9 Å². The Morgan fingerprint density at radius 1 is 1.00 bits per heavy atom. The van der Waals surface area contributed by atoms with Crippen LogP contribution in [0.1, 0.15) is 22.8 Å². The molecule has 0 saturated heterocycles. The number of ketones is 1. The molecule has 0 spiro atoms. The van der Waals surface area contributed by atoms with Gasteiger partial charge in [-0.25, -0.2) is 0 Å². The molecule has 0 aliphatic rings. The zero-order chi connectivity index (χ0) is 17.0. The van der Waals surface area contributed by atoms with Crippen molar-refractivity contribution >= 4 is 33.3 Å². The summed E-state index contributed by atoms with van der Waals surface area (Å²) in [6.45, 7) is 1.38. The number of hydrogen-bond donors (Lipinski definition) is 1. The van der Waals surface area contributed by atoms with E-state index in [0.29, 0.717) is 28.3 Å². The number of rotatable bonds is 5. The second-order valence-electron chi connectivity index (χ2n) is 4.77. The highest BCUT2D eigenvalue weighted by Gasteiger charge is 2.19. The molecule has 0 aromatic heterocycles. The number of benzene rings is 2. The first-order chi connectivity index (χ1) is 11.0. The Kier molecular flexibility index (Phi) is 5.39. The monoisotopic (exact) mass is 377 g/mol. The lowest BCUT2D eigenvalue weighted by Crippen LogP contribution is -2.12. The van der Waals surface area contributed by atoms with Gasteiger partial charge in [0.1, 0.15) is 0 Å². The molecule has 23 heavy (non-hydrogen) atoms. The third-order valence-corrected chi connectivity index (χ3v) is 3.71. The van der Waals surface area contributed by atoms with Gasteiger partial charge in [-0.1, -0.05) is 15.9 Å². The van der Waals surface area contributed by atoms with Gasteiger partial charge in [-0.15, -0.1) is 0 Å². The van der Waals surface area contributed by atoms with E-state index in [1.54, 1.807) is 36.4 Å². The second-order valence-corrected chi connectivity index (χ2v) is 5.69. The molecule has 120 valence electrons. The Labute approximate surface area is 142 Å². The van der Waals surface area contributed by atoms with Crippen LogP contribution in [0.2, 0.25) is 0 Å². The molecule has 2 aromatic rings. The number of methoxy groups -OCH3 is 2. The number of carbonyl (C=O) groups excluding carboxylic acids is 2. The molecule has 1 N–H and O–H groups in total. The zero-order valence-corrected chi connectivity index (χ0v) is 14.6. The maximum atomic E-state index is 12.8. The highest BCUT2D eigenvalue weighted by atomic mass is 79.9. The van der Waals surface area contributed by atoms with Crippen LogP contribution in [0.5, 0.6) is 11.5 Å². The molecule has 0 saturated carbocycles. The highest BCUT2D eigenvalue weighted by Crippen LogP contribution is 2.34. The van der Waals surface area contributed by atoms with Crippen molar-refractivity contribution in [3.8, 4) is 11.5 Å². The molecular weight excluding hydrogens is 362 g/mol. The van der Waals surface area contributed by atoms with Crippen LogP contribution < -0.4 is 14.8 Å². The average Bonchev–Trinajstić information content (AvgIpc) is 2.54. The predicted octanol–water partition coefficient (Wildman–Crippen LogP) is 3.66. The number of anilines is 1. The van der Waals surface area contributed by atoms with Crippen molar-refractivity contribution in [1.29, 1.82) is 0 Å². The van der Waals surface area contributed by atoms with Crippen LogP contribution in [0, 0.1) is 0 Å². The summed E-state index contributed by atoms with van der Waals surface area (Å²) in [7, 11) is 2.98. The van der Waals surface area contributed by atoms with E-state index in [0.717, 1.165) is 4.47 Å². The van der Waals surface area contributed by atoms with Crippen LogP contribution in [0.3, 0.4) is 0 Å². The number of amides is 1. The van der Waals surface area contributed by atoms with E-state index in [-0.39, 0.29) is 11.7 Å². The van der Waals surface area contributed by atoms with Crippen LogP contribution in [-0.2, 0) is 4.79 Å². The van der Waals surface area contributed by atoms with Gasteiger partial charge >= 0.3 is 0 Å². The Bertz CT molecular complexity index is 741. The van der Waals surface area contributed by atoms with Gasteiger partial charge in [0.2, 0.25) is 5.91 Å². The summed E-state index contributed by atoms with van der Waals surface area (Å²) in [5, 5.41) is 2.66. The zero-order valence-electron chi connectivity index (χ0n) is 13.0. The molecule has 2 aromatic carbocycles. The third kappa shape index (κ3) is 3.90. The lowest BCUT2D eigenvalue weighted by Gasteiger charge is -2.14. The number of hydrogen-bond acceptors (Lipinski definition) is 4. The summed E-state index contributed by atoms with van der Waals surface area (Å²) in [6.07, 6.45) is 0. The van der Waals surface area contributed by atoms with Crippen molar-refractivity contribution in [3.05, 3.63) is 52.0 Å². The molecular formula is C17H16BrNO4. The van der Waals surface area contributed by atoms with Gasteiger partial charge in [0.05, 0.1) is 25.5 Å². The van der Waals surface area contributed by atoms with Crippen molar-refractivity contribution in [2.24, 2.45) is 0 Å². The highest BCUT2D eigenvalue weighted by molar-refractivity contribution is 9.10. The summed E-state index contributed by atoms with van der Waals surface area (Å²) in [4.78, 5) is 24.2. The molecule has 0 heterocycles. The van der Waals surface area contributed by atoms with Gasteiger partial charge in [-0.3, -0.25) is 9.59 Å². The Balaban J connectivity index is 2.55. The molecule has 2 rings (SSSR count). The van der Waals surface area contributed by atoms with E-state index in [2.05, 4.69) is 21.2 Å². The minimum absolute atomic E-state index is 0.220. The fraction of sp³-hybridized carbons (Fsp3) is 0.176. The van der Waals surface area contributed by atoms with E-state index >= 15 is 0 Å². The third-order valence-electron chi connectivity index (χ3n) is 3.19. The number of halogens is 1. The summed E-state index contributed by atoms with van der Waals surface area (Å²) in [5.41, 5.74) is 1.22. The summed E-state index contributed by atoms with van der Waals surface area (Å²) < 4.78 is 11.3. The van der Waals surface area contributed by atoms with E-state index in [9.17, 15) is 9.59 Å². The largest absolute Gasteiger partial charge is 0.493 e. The van der Waals surface area contributed by atoms with Crippen molar-refractivity contribution in [1.82, 2.24) is 0 Å². The van der Waals surface area contributed by atoms with E-state index < -0.39 is 0 Å². The van der Waals surface area contributed by atoms with Gasteiger partial charge in [0.15, 0.2) is 17.3 Å². The Hall–Kier alpha value is -2.34. The van der Waals surface area contributed by atoms with Crippen molar-refractivity contribution < 1.29 is 19.1 Å². The molecule has 0 unspecified atom stereocenters. The van der Waals surface area contributed by atoms with Crippen LogP contribution in [0.15, 0.2) is 40.9 Å². The minimum Gasteiger partial charge on any atom is -0.493 e. The van der Waals surface area contributed by atoms with Crippen molar-refractivity contribution in [2.75, 3.05) is 19.5 Å². The maximum absolute atomic E-state index is 12.8. The van der Waals surface area contributed by atoms with Crippen LogP contribution >= 0.6 is 15.9 Å². The molecule has 0 aliphatic heterocycles.